The van der Waals surface area contributed by atoms with Gasteiger partial charge in [0.1, 0.15) is 0 Å². The van der Waals surface area contributed by atoms with Gasteiger partial charge >= 0.3 is 0 Å². The van der Waals surface area contributed by atoms with Crippen molar-refractivity contribution in [3.05, 3.63) is 71.3 Å². The van der Waals surface area contributed by atoms with Crippen molar-refractivity contribution in [2.24, 2.45) is 0 Å². The van der Waals surface area contributed by atoms with E-state index in [-0.39, 0.29) is 0 Å². The van der Waals surface area contributed by atoms with Crippen molar-refractivity contribution in [3.63, 3.8) is 0 Å². The van der Waals surface area contributed by atoms with Crippen molar-refractivity contribution in [2.75, 3.05) is 0 Å². The molecule has 0 amide bonds. The Labute approximate surface area is 101 Å². The third-order valence-corrected chi connectivity index (χ3v) is 2.08. The van der Waals surface area contributed by atoms with Gasteiger partial charge in [-0.2, -0.15) is 10.5 Å². The molecule has 0 aromatic heterocycles. The first-order chi connectivity index (χ1) is 8.26. The molecular formula is C15H12N2. The highest BCUT2D eigenvalue weighted by Crippen LogP contribution is 1.99. The van der Waals surface area contributed by atoms with Crippen LogP contribution in [0.25, 0.3) is 0 Å². The van der Waals surface area contributed by atoms with E-state index in [9.17, 15) is 0 Å². The van der Waals surface area contributed by atoms with Gasteiger partial charge in [-0.05, 0) is 31.2 Å². The first-order valence-corrected chi connectivity index (χ1v) is 5.18. The third-order valence-electron chi connectivity index (χ3n) is 2.08. The van der Waals surface area contributed by atoms with Gasteiger partial charge in [-0.15, -0.1) is 0 Å². The molecule has 0 unspecified atom stereocenters. The van der Waals surface area contributed by atoms with Crippen molar-refractivity contribution >= 4 is 0 Å². The van der Waals surface area contributed by atoms with Crippen molar-refractivity contribution in [1.82, 2.24) is 0 Å². The molecule has 0 fully saturated rings. The first-order valence-electron chi connectivity index (χ1n) is 5.18. The summed E-state index contributed by atoms with van der Waals surface area (Å²) in [6.07, 6.45) is 0. The second kappa shape index (κ2) is 6.82. The molecule has 2 heteroatoms. The van der Waals surface area contributed by atoms with E-state index in [0.29, 0.717) is 5.56 Å². The normalized spacial score (nSPS) is 8.18. The summed E-state index contributed by atoms with van der Waals surface area (Å²) in [5.41, 5.74) is 2.63. The molecule has 0 saturated heterocycles. The maximum absolute atomic E-state index is 8.38. The lowest BCUT2D eigenvalue weighted by atomic mass is 10.2. The number of hydrogen-bond acceptors (Lipinski definition) is 2. The quantitative estimate of drug-likeness (QED) is 0.682. The molecular weight excluding hydrogens is 208 g/mol. The summed E-state index contributed by atoms with van der Waals surface area (Å²) in [7, 11) is 0. The average molecular weight is 220 g/mol. The predicted molar refractivity (Wildman–Crippen MR) is 67.1 cm³/mol. The summed E-state index contributed by atoms with van der Waals surface area (Å²) < 4.78 is 0. The molecule has 0 aliphatic carbocycles. The third kappa shape index (κ3) is 4.64. The van der Waals surface area contributed by atoms with E-state index < -0.39 is 0 Å². The van der Waals surface area contributed by atoms with Crippen LogP contribution in [-0.2, 0) is 0 Å². The maximum Gasteiger partial charge on any atom is 0.0991 e. The minimum atomic E-state index is 0.715. The largest absolute Gasteiger partial charge is 0.192 e. The summed E-state index contributed by atoms with van der Waals surface area (Å²) in [5.74, 6) is 0. The SMILES string of the molecule is Cc1ccc(C#N)cc1.N#Cc1ccccc1. The van der Waals surface area contributed by atoms with Crippen LogP contribution in [0.4, 0.5) is 0 Å². The van der Waals surface area contributed by atoms with Crippen LogP contribution in [0.3, 0.4) is 0 Å². The molecule has 0 aliphatic heterocycles. The van der Waals surface area contributed by atoms with E-state index in [0.717, 1.165) is 5.56 Å². The second-order valence-corrected chi connectivity index (χ2v) is 3.46. The summed E-state index contributed by atoms with van der Waals surface area (Å²) in [4.78, 5) is 0. The molecule has 2 aromatic carbocycles. The highest BCUT2D eigenvalue weighted by molar-refractivity contribution is 5.30. The standard InChI is InChI=1S/C8H7N.C7H5N/c1-7-2-4-8(6-9)5-3-7;8-6-7-4-2-1-3-5-7/h2-5H,1H3;1-5H. The summed E-state index contributed by atoms with van der Waals surface area (Å²) >= 11 is 0. The van der Waals surface area contributed by atoms with Crippen LogP contribution in [0, 0.1) is 29.6 Å². The zero-order valence-corrected chi connectivity index (χ0v) is 9.59. The second-order valence-electron chi connectivity index (χ2n) is 3.46. The minimum Gasteiger partial charge on any atom is -0.192 e. The van der Waals surface area contributed by atoms with Crippen LogP contribution in [0.15, 0.2) is 54.6 Å². The number of hydrogen-bond donors (Lipinski definition) is 0. The smallest absolute Gasteiger partial charge is 0.0991 e. The van der Waals surface area contributed by atoms with E-state index in [1.165, 1.54) is 5.56 Å². The lowest BCUT2D eigenvalue weighted by Crippen LogP contribution is -1.72. The fourth-order valence-corrected chi connectivity index (χ4v) is 1.14. The van der Waals surface area contributed by atoms with E-state index in [2.05, 4.69) is 6.07 Å². The number of aryl methyl sites for hydroxylation is 1. The Balaban J connectivity index is 0.000000171. The zero-order valence-electron chi connectivity index (χ0n) is 9.59. The van der Waals surface area contributed by atoms with Gasteiger partial charge < -0.3 is 0 Å². The molecule has 0 heterocycles. The Bertz CT molecular complexity index is 528. The predicted octanol–water partition coefficient (Wildman–Crippen LogP) is 3.42. The lowest BCUT2D eigenvalue weighted by molar-refractivity contribution is 1.43. The Morgan fingerprint density at radius 3 is 1.59 bits per heavy atom. The molecule has 0 spiro atoms. The summed E-state index contributed by atoms with van der Waals surface area (Å²) in [6, 6.07) is 20.7. The summed E-state index contributed by atoms with van der Waals surface area (Å²) in [6.45, 7) is 2.00. The monoisotopic (exact) mass is 220 g/mol. The molecule has 0 saturated carbocycles. The molecule has 0 atom stereocenters. The van der Waals surface area contributed by atoms with E-state index >= 15 is 0 Å². The molecule has 0 radical (unpaired) electrons. The molecule has 0 N–H and O–H groups in total. The minimum absolute atomic E-state index is 0.715. The van der Waals surface area contributed by atoms with Crippen LogP contribution in [0.1, 0.15) is 16.7 Å². The van der Waals surface area contributed by atoms with E-state index in [1.807, 2.05) is 55.5 Å². The van der Waals surface area contributed by atoms with Crippen molar-refractivity contribution < 1.29 is 0 Å². The van der Waals surface area contributed by atoms with Crippen LogP contribution in [-0.4, -0.2) is 0 Å². The summed E-state index contributed by atoms with van der Waals surface area (Å²) in [5, 5.41) is 16.7. The fraction of sp³-hybridized carbons (Fsp3) is 0.0667. The number of nitrogens with zero attached hydrogens (tertiary/aromatic N) is 2. The van der Waals surface area contributed by atoms with Crippen LogP contribution >= 0.6 is 0 Å². The molecule has 2 aromatic rings. The molecule has 2 rings (SSSR count). The van der Waals surface area contributed by atoms with Gasteiger partial charge in [-0.3, -0.25) is 0 Å². The molecule has 2 nitrogen and oxygen atoms in total. The number of rotatable bonds is 0. The molecule has 17 heavy (non-hydrogen) atoms. The highest BCUT2D eigenvalue weighted by atomic mass is 14.2. The molecule has 0 aliphatic rings. The van der Waals surface area contributed by atoms with Gasteiger partial charge in [0.15, 0.2) is 0 Å². The zero-order chi connectivity index (χ0) is 12.5. The van der Waals surface area contributed by atoms with Crippen LogP contribution in [0.2, 0.25) is 0 Å². The Hall–Kier alpha value is -2.58. The lowest BCUT2D eigenvalue weighted by Gasteiger charge is -1.88. The average Bonchev–Trinajstić information content (AvgIpc) is 2.41. The van der Waals surface area contributed by atoms with Gasteiger partial charge in [0.2, 0.25) is 0 Å². The van der Waals surface area contributed by atoms with Crippen molar-refractivity contribution in [1.29, 1.82) is 10.5 Å². The first kappa shape index (κ1) is 12.5. The number of nitriles is 2. The van der Waals surface area contributed by atoms with Gasteiger partial charge in [0.05, 0.1) is 23.3 Å². The topological polar surface area (TPSA) is 47.6 Å². The Morgan fingerprint density at radius 1 is 0.706 bits per heavy atom. The van der Waals surface area contributed by atoms with Crippen LogP contribution in [0.5, 0.6) is 0 Å². The van der Waals surface area contributed by atoms with Crippen molar-refractivity contribution in [2.45, 2.75) is 6.92 Å². The molecule has 0 bridgehead atoms. The van der Waals surface area contributed by atoms with Crippen molar-refractivity contribution in [3.8, 4) is 12.1 Å². The maximum atomic E-state index is 8.38. The van der Waals surface area contributed by atoms with Crippen LogP contribution < -0.4 is 0 Å². The Kier molecular flexibility index (Phi) is 5.01. The number of benzene rings is 2. The van der Waals surface area contributed by atoms with E-state index in [1.54, 1.807) is 12.1 Å². The van der Waals surface area contributed by atoms with E-state index in [4.69, 9.17) is 10.5 Å². The van der Waals surface area contributed by atoms with Gasteiger partial charge in [-0.25, -0.2) is 0 Å². The highest BCUT2D eigenvalue weighted by Gasteiger charge is 1.85. The fourth-order valence-electron chi connectivity index (χ4n) is 1.14. The molecule has 82 valence electrons. The Morgan fingerprint density at radius 2 is 1.18 bits per heavy atom. The van der Waals surface area contributed by atoms with Gasteiger partial charge in [0, 0.05) is 0 Å². The van der Waals surface area contributed by atoms with Gasteiger partial charge in [0.25, 0.3) is 0 Å². The van der Waals surface area contributed by atoms with Gasteiger partial charge in [-0.1, -0.05) is 35.9 Å².